The fourth-order valence-electron chi connectivity index (χ4n) is 4.53. The summed E-state index contributed by atoms with van der Waals surface area (Å²) in [6.07, 6.45) is 5.84. The molecule has 0 radical (unpaired) electrons. The summed E-state index contributed by atoms with van der Waals surface area (Å²) in [4.78, 5) is 15.3. The van der Waals surface area contributed by atoms with E-state index < -0.39 is 0 Å². The smallest absolute Gasteiger partial charge is 0.231 e. The van der Waals surface area contributed by atoms with E-state index in [1.165, 1.54) is 5.56 Å². The molecular weight excluding hydrogens is 463 g/mol. The van der Waals surface area contributed by atoms with Crippen molar-refractivity contribution in [1.82, 2.24) is 4.90 Å². The molecule has 4 rings (SSSR count). The van der Waals surface area contributed by atoms with Crippen molar-refractivity contribution < 1.29 is 19.0 Å². The number of hydrogen-bond acceptors (Lipinski definition) is 6. The van der Waals surface area contributed by atoms with Gasteiger partial charge in [0, 0.05) is 12.5 Å². The van der Waals surface area contributed by atoms with E-state index in [1.807, 2.05) is 6.07 Å². The number of likely N-dealkylation sites (tertiary alicyclic amines) is 1. The number of hydrogen-bond donors (Lipinski definition) is 1. The minimum Gasteiger partial charge on any atom is -0.496 e. The van der Waals surface area contributed by atoms with Crippen molar-refractivity contribution in [2.75, 3.05) is 39.3 Å². The molecule has 1 fully saturated rings. The summed E-state index contributed by atoms with van der Waals surface area (Å²) in [5, 5.41) is 0.392. The van der Waals surface area contributed by atoms with Crippen molar-refractivity contribution in [3.8, 4) is 17.2 Å². The number of carbonyl (C=O) groups excluding carboxylic acids is 1. The number of nitrogens with zero attached hydrogens (tertiary/aromatic N) is 1. The predicted molar refractivity (Wildman–Crippen MR) is 133 cm³/mol. The maximum atomic E-state index is 12.7. The number of ether oxygens (including phenoxy) is 3. The Kier molecular flexibility index (Phi) is 9.12. The number of rotatable bonds is 9. The summed E-state index contributed by atoms with van der Waals surface area (Å²) in [5.41, 5.74) is 8.06. The number of nitrogens with two attached hydrogens (primary N) is 1. The molecule has 2 aliphatic heterocycles. The average Bonchev–Trinajstić information content (AvgIpc) is 3.28. The van der Waals surface area contributed by atoms with Crippen LogP contribution in [0.4, 0.5) is 5.69 Å². The molecule has 0 atom stereocenters. The molecule has 0 spiro atoms. The van der Waals surface area contributed by atoms with Gasteiger partial charge in [0.15, 0.2) is 17.3 Å². The zero-order chi connectivity index (χ0) is 22.5. The van der Waals surface area contributed by atoms with Crippen LogP contribution < -0.4 is 19.9 Å². The van der Waals surface area contributed by atoms with Crippen LogP contribution in [0.5, 0.6) is 17.2 Å². The Morgan fingerprint density at radius 1 is 1.18 bits per heavy atom. The van der Waals surface area contributed by atoms with Gasteiger partial charge < -0.3 is 24.8 Å². The third-order valence-corrected chi connectivity index (χ3v) is 6.81. The van der Waals surface area contributed by atoms with Gasteiger partial charge in [0.25, 0.3) is 0 Å². The molecular formula is C25H32Cl2N2O4. The van der Waals surface area contributed by atoms with Crippen LogP contribution in [0.3, 0.4) is 0 Å². The molecule has 2 aliphatic rings. The van der Waals surface area contributed by atoms with Crippen LogP contribution in [0.1, 0.15) is 48.0 Å². The van der Waals surface area contributed by atoms with Gasteiger partial charge in [-0.2, -0.15) is 0 Å². The van der Waals surface area contributed by atoms with Crippen molar-refractivity contribution >= 4 is 35.5 Å². The first-order chi connectivity index (χ1) is 15.5. The summed E-state index contributed by atoms with van der Waals surface area (Å²) < 4.78 is 16.2. The topological polar surface area (TPSA) is 74.0 Å². The molecule has 6 nitrogen and oxygen atoms in total. The van der Waals surface area contributed by atoms with Crippen molar-refractivity contribution in [2.24, 2.45) is 5.92 Å². The Labute approximate surface area is 206 Å². The molecule has 0 bridgehead atoms. The van der Waals surface area contributed by atoms with Crippen LogP contribution in [0, 0.1) is 5.92 Å². The zero-order valence-electron chi connectivity index (χ0n) is 19.0. The number of nitrogen functional groups attached to an aromatic ring is 1. The van der Waals surface area contributed by atoms with Gasteiger partial charge in [0.1, 0.15) is 5.75 Å². The molecule has 2 N–H and O–H groups in total. The molecule has 0 saturated carbocycles. The zero-order valence-corrected chi connectivity index (χ0v) is 20.6. The highest BCUT2D eigenvalue weighted by atomic mass is 35.5. The highest BCUT2D eigenvalue weighted by Gasteiger charge is 2.22. The molecule has 0 amide bonds. The van der Waals surface area contributed by atoms with Gasteiger partial charge in [-0.1, -0.05) is 17.7 Å². The second kappa shape index (κ2) is 11.8. The van der Waals surface area contributed by atoms with E-state index in [4.69, 9.17) is 31.5 Å². The van der Waals surface area contributed by atoms with Gasteiger partial charge in [-0.25, -0.2) is 0 Å². The predicted octanol–water partition coefficient (Wildman–Crippen LogP) is 5.39. The Balaban J connectivity index is 0.00000306. The summed E-state index contributed by atoms with van der Waals surface area (Å²) in [6, 6.07) is 9.46. The van der Waals surface area contributed by atoms with Crippen LogP contribution in [-0.2, 0) is 6.42 Å². The van der Waals surface area contributed by atoms with Crippen LogP contribution >= 0.6 is 24.0 Å². The first kappa shape index (κ1) is 25.5. The summed E-state index contributed by atoms with van der Waals surface area (Å²) in [6.45, 7) is 3.61. The number of benzene rings is 2. The fourth-order valence-corrected chi connectivity index (χ4v) is 4.69. The van der Waals surface area contributed by atoms with E-state index in [9.17, 15) is 4.79 Å². The molecule has 0 unspecified atom stereocenters. The molecule has 180 valence electrons. The summed E-state index contributed by atoms with van der Waals surface area (Å²) in [7, 11) is 1.54. The van der Waals surface area contributed by atoms with Crippen LogP contribution in [-0.4, -0.2) is 44.2 Å². The number of piperidine rings is 1. The second-order valence-corrected chi connectivity index (χ2v) is 9.02. The lowest BCUT2D eigenvalue weighted by atomic mass is 9.90. The Bertz CT molecular complexity index is 962. The standard InChI is InChI=1S/C25H31ClN2O4.ClH/c1-30-24-15-21(27)20(26)14-19(24)22(29)6-4-17-8-11-28(12-9-17)10-2-3-18-5-7-23-25(13-18)32-16-31-23;/h5,7,13-15,17H,2-4,6,8-12,16,27H2,1H3;1H. The highest BCUT2D eigenvalue weighted by Crippen LogP contribution is 2.33. The van der Waals surface area contributed by atoms with Gasteiger partial charge in [-0.15, -0.1) is 12.4 Å². The van der Waals surface area contributed by atoms with Gasteiger partial charge >= 0.3 is 0 Å². The highest BCUT2D eigenvalue weighted by molar-refractivity contribution is 6.33. The van der Waals surface area contributed by atoms with Gasteiger partial charge in [-0.3, -0.25) is 4.79 Å². The van der Waals surface area contributed by atoms with E-state index in [0.29, 0.717) is 41.2 Å². The van der Waals surface area contributed by atoms with E-state index in [2.05, 4.69) is 17.0 Å². The van der Waals surface area contributed by atoms with Crippen molar-refractivity contribution in [3.63, 3.8) is 0 Å². The Hall–Kier alpha value is -2.15. The number of aryl methyl sites for hydroxylation is 1. The van der Waals surface area contributed by atoms with Crippen LogP contribution in [0.2, 0.25) is 5.02 Å². The lowest BCUT2D eigenvalue weighted by Gasteiger charge is -2.32. The molecule has 0 aliphatic carbocycles. The lowest BCUT2D eigenvalue weighted by Crippen LogP contribution is -2.34. The van der Waals surface area contributed by atoms with Gasteiger partial charge in [0.2, 0.25) is 6.79 Å². The quantitative estimate of drug-likeness (QED) is 0.372. The van der Waals surface area contributed by atoms with Crippen LogP contribution in [0.25, 0.3) is 0 Å². The third-order valence-electron chi connectivity index (χ3n) is 6.48. The number of halogens is 2. The maximum Gasteiger partial charge on any atom is 0.231 e. The number of anilines is 1. The van der Waals surface area contributed by atoms with Gasteiger partial charge in [-0.05, 0) is 81.4 Å². The molecule has 1 saturated heterocycles. The minimum atomic E-state index is 0. The average molecular weight is 495 g/mol. The van der Waals surface area contributed by atoms with E-state index in [1.54, 1.807) is 19.2 Å². The number of ketones is 1. The van der Waals surface area contributed by atoms with E-state index in [-0.39, 0.29) is 18.2 Å². The maximum absolute atomic E-state index is 12.7. The Morgan fingerprint density at radius 2 is 1.94 bits per heavy atom. The number of carbonyl (C=O) groups is 1. The minimum absolute atomic E-state index is 0. The van der Waals surface area contributed by atoms with Crippen molar-refractivity contribution in [1.29, 1.82) is 0 Å². The second-order valence-electron chi connectivity index (χ2n) is 8.61. The molecule has 0 aromatic heterocycles. The SMILES string of the molecule is COc1cc(N)c(Cl)cc1C(=O)CCC1CCN(CCCc2ccc3c(c2)OCO3)CC1.Cl. The fraction of sp³-hybridized carbons (Fsp3) is 0.480. The van der Waals surface area contributed by atoms with Crippen molar-refractivity contribution in [2.45, 2.75) is 38.5 Å². The first-order valence-corrected chi connectivity index (χ1v) is 11.7. The van der Waals surface area contributed by atoms with Crippen molar-refractivity contribution in [3.05, 3.63) is 46.5 Å². The lowest BCUT2D eigenvalue weighted by molar-refractivity contribution is 0.0959. The van der Waals surface area contributed by atoms with Gasteiger partial charge in [0.05, 0.1) is 23.4 Å². The molecule has 2 heterocycles. The molecule has 8 heteroatoms. The normalized spacial score (nSPS) is 15.8. The number of fused-ring (bicyclic) bond motifs is 1. The summed E-state index contributed by atoms with van der Waals surface area (Å²) >= 11 is 6.11. The molecule has 2 aromatic carbocycles. The monoisotopic (exact) mass is 494 g/mol. The summed E-state index contributed by atoms with van der Waals surface area (Å²) in [5.74, 6) is 2.84. The Morgan fingerprint density at radius 3 is 2.70 bits per heavy atom. The molecule has 33 heavy (non-hydrogen) atoms. The van der Waals surface area contributed by atoms with E-state index in [0.717, 1.165) is 63.2 Å². The number of methoxy groups -OCH3 is 1. The third kappa shape index (κ3) is 6.46. The van der Waals surface area contributed by atoms with E-state index >= 15 is 0 Å². The largest absolute Gasteiger partial charge is 0.496 e. The number of Topliss-reactive ketones (excluding diaryl/α,β-unsaturated/α-hetero) is 1. The molecule has 2 aromatic rings. The first-order valence-electron chi connectivity index (χ1n) is 11.3. The van der Waals surface area contributed by atoms with Crippen LogP contribution in [0.15, 0.2) is 30.3 Å².